The fourth-order valence-corrected chi connectivity index (χ4v) is 3.52. The maximum Gasteiger partial charge on any atom is 0.0863 e. The standard InChI is InChI=1S/C13H17NOS/c1-13-8-14-6-11(13)9-4-3-5-12(16-2)10(9)7-15-13/h3-5,11,14H,6-8H2,1-2H3/t11-,13-/m1/s1. The van der Waals surface area contributed by atoms with E-state index in [1.807, 2.05) is 11.8 Å². The minimum atomic E-state index is 0.00400. The van der Waals surface area contributed by atoms with Crippen LogP contribution in [0, 0.1) is 0 Å². The molecule has 2 nitrogen and oxygen atoms in total. The third-order valence-corrected chi connectivity index (χ3v) is 4.69. The van der Waals surface area contributed by atoms with Gasteiger partial charge in [0.05, 0.1) is 12.2 Å². The third-order valence-electron chi connectivity index (χ3n) is 3.87. The second-order valence-electron chi connectivity index (χ2n) is 4.81. The molecular weight excluding hydrogens is 218 g/mol. The first kappa shape index (κ1) is 10.6. The predicted octanol–water partition coefficient (Wildman–Crippen LogP) is 2.38. The van der Waals surface area contributed by atoms with E-state index in [4.69, 9.17) is 4.74 Å². The Hall–Kier alpha value is -0.510. The van der Waals surface area contributed by atoms with Crippen LogP contribution in [0.25, 0.3) is 0 Å². The monoisotopic (exact) mass is 235 g/mol. The van der Waals surface area contributed by atoms with Gasteiger partial charge >= 0.3 is 0 Å². The zero-order chi connectivity index (χ0) is 11.2. The molecule has 2 atom stereocenters. The highest BCUT2D eigenvalue weighted by Gasteiger charge is 2.44. The second kappa shape index (κ2) is 3.76. The van der Waals surface area contributed by atoms with E-state index in [0.29, 0.717) is 5.92 Å². The summed E-state index contributed by atoms with van der Waals surface area (Å²) in [5.74, 6) is 0.517. The lowest BCUT2D eigenvalue weighted by molar-refractivity contribution is -0.0528. The summed E-state index contributed by atoms with van der Waals surface area (Å²) in [6, 6.07) is 6.64. The number of hydrogen-bond donors (Lipinski definition) is 1. The summed E-state index contributed by atoms with van der Waals surface area (Å²) in [5.41, 5.74) is 2.90. The van der Waals surface area contributed by atoms with E-state index < -0.39 is 0 Å². The Bertz CT molecular complexity index is 420. The van der Waals surface area contributed by atoms with E-state index in [1.54, 1.807) is 0 Å². The first-order chi connectivity index (χ1) is 7.74. The lowest BCUT2D eigenvalue weighted by Gasteiger charge is -2.37. The van der Waals surface area contributed by atoms with Crippen LogP contribution in [-0.2, 0) is 11.3 Å². The molecule has 0 saturated carbocycles. The van der Waals surface area contributed by atoms with Crippen molar-refractivity contribution in [1.29, 1.82) is 0 Å². The van der Waals surface area contributed by atoms with E-state index in [0.717, 1.165) is 19.7 Å². The van der Waals surface area contributed by atoms with Crippen molar-refractivity contribution in [2.75, 3.05) is 19.3 Å². The smallest absolute Gasteiger partial charge is 0.0863 e. The zero-order valence-corrected chi connectivity index (χ0v) is 10.6. The van der Waals surface area contributed by atoms with Crippen LogP contribution in [0.15, 0.2) is 23.1 Å². The Balaban J connectivity index is 2.10. The van der Waals surface area contributed by atoms with Crippen molar-refractivity contribution in [1.82, 2.24) is 5.32 Å². The van der Waals surface area contributed by atoms with E-state index in [9.17, 15) is 0 Å². The fraction of sp³-hybridized carbons (Fsp3) is 0.538. The number of thioether (sulfide) groups is 1. The van der Waals surface area contributed by atoms with Gasteiger partial charge in [0.1, 0.15) is 0 Å². The third kappa shape index (κ3) is 1.42. The highest BCUT2D eigenvalue weighted by atomic mass is 32.2. The quantitative estimate of drug-likeness (QED) is 0.755. The van der Waals surface area contributed by atoms with Gasteiger partial charge in [-0.05, 0) is 30.4 Å². The highest BCUT2D eigenvalue weighted by molar-refractivity contribution is 7.98. The molecule has 0 bridgehead atoms. The lowest BCUT2D eigenvalue weighted by Crippen LogP contribution is -2.39. The van der Waals surface area contributed by atoms with Gasteiger partial charge in [0, 0.05) is 23.9 Å². The summed E-state index contributed by atoms with van der Waals surface area (Å²) >= 11 is 1.82. The van der Waals surface area contributed by atoms with Gasteiger partial charge in [-0.3, -0.25) is 0 Å². The number of ether oxygens (including phenoxy) is 1. The van der Waals surface area contributed by atoms with Crippen molar-refractivity contribution in [3.63, 3.8) is 0 Å². The molecule has 0 unspecified atom stereocenters. The summed E-state index contributed by atoms with van der Waals surface area (Å²) in [6.07, 6.45) is 2.14. The molecule has 2 aliphatic rings. The van der Waals surface area contributed by atoms with Gasteiger partial charge in [-0.2, -0.15) is 0 Å². The first-order valence-corrected chi connectivity index (χ1v) is 6.97. The second-order valence-corrected chi connectivity index (χ2v) is 5.66. The predicted molar refractivity (Wildman–Crippen MR) is 67.0 cm³/mol. The van der Waals surface area contributed by atoms with Crippen LogP contribution in [0.5, 0.6) is 0 Å². The molecule has 2 heterocycles. The molecule has 1 aromatic carbocycles. The van der Waals surface area contributed by atoms with Crippen LogP contribution in [0.2, 0.25) is 0 Å². The maximum atomic E-state index is 6.08. The average molecular weight is 235 g/mol. The number of rotatable bonds is 1. The van der Waals surface area contributed by atoms with Gasteiger partial charge in [-0.25, -0.2) is 0 Å². The lowest BCUT2D eigenvalue weighted by atomic mass is 9.81. The minimum absolute atomic E-state index is 0.00400. The summed E-state index contributed by atoms with van der Waals surface area (Å²) in [6.45, 7) is 5.01. The maximum absolute atomic E-state index is 6.08. The Morgan fingerprint density at radius 1 is 1.50 bits per heavy atom. The van der Waals surface area contributed by atoms with E-state index in [2.05, 4.69) is 36.7 Å². The molecule has 2 aliphatic heterocycles. The molecule has 0 spiro atoms. The Morgan fingerprint density at radius 2 is 2.38 bits per heavy atom. The molecule has 1 aromatic rings. The van der Waals surface area contributed by atoms with Crippen molar-refractivity contribution in [2.45, 2.75) is 29.9 Å². The molecule has 1 N–H and O–H groups in total. The molecule has 3 rings (SSSR count). The van der Waals surface area contributed by atoms with E-state index >= 15 is 0 Å². The molecule has 86 valence electrons. The molecule has 3 heteroatoms. The Labute approximate surface area is 101 Å². The molecule has 1 saturated heterocycles. The zero-order valence-electron chi connectivity index (χ0n) is 9.75. The van der Waals surface area contributed by atoms with Crippen LogP contribution in [0.3, 0.4) is 0 Å². The average Bonchev–Trinajstić information content (AvgIpc) is 2.70. The largest absolute Gasteiger partial charge is 0.369 e. The van der Waals surface area contributed by atoms with Crippen LogP contribution < -0.4 is 5.32 Å². The topological polar surface area (TPSA) is 21.3 Å². The van der Waals surface area contributed by atoms with Gasteiger partial charge < -0.3 is 10.1 Å². The SMILES string of the molecule is CSc1cccc2c1CO[C@]1(C)CNC[C@H]21. The van der Waals surface area contributed by atoms with Crippen molar-refractivity contribution in [3.05, 3.63) is 29.3 Å². The van der Waals surface area contributed by atoms with E-state index in [-0.39, 0.29) is 5.60 Å². The van der Waals surface area contributed by atoms with Gasteiger partial charge in [0.25, 0.3) is 0 Å². The van der Waals surface area contributed by atoms with Gasteiger partial charge in [-0.1, -0.05) is 12.1 Å². The molecule has 0 aliphatic carbocycles. The normalized spacial score (nSPS) is 32.2. The van der Waals surface area contributed by atoms with Crippen LogP contribution >= 0.6 is 11.8 Å². The number of fused-ring (bicyclic) bond motifs is 3. The number of hydrogen-bond acceptors (Lipinski definition) is 3. The molecular formula is C13H17NOS. The van der Waals surface area contributed by atoms with Gasteiger partial charge in [-0.15, -0.1) is 11.8 Å². The number of benzene rings is 1. The highest BCUT2D eigenvalue weighted by Crippen LogP contribution is 2.43. The Kier molecular flexibility index (Phi) is 2.50. The first-order valence-electron chi connectivity index (χ1n) is 5.75. The van der Waals surface area contributed by atoms with Gasteiger partial charge in [0.2, 0.25) is 0 Å². The molecule has 0 aromatic heterocycles. The summed E-state index contributed by atoms with van der Waals surface area (Å²) in [7, 11) is 0. The molecule has 16 heavy (non-hydrogen) atoms. The van der Waals surface area contributed by atoms with Crippen LogP contribution in [0.4, 0.5) is 0 Å². The summed E-state index contributed by atoms with van der Waals surface area (Å²) < 4.78 is 6.08. The Morgan fingerprint density at radius 3 is 3.19 bits per heavy atom. The van der Waals surface area contributed by atoms with E-state index in [1.165, 1.54) is 16.0 Å². The molecule has 1 fully saturated rings. The summed E-state index contributed by atoms with van der Waals surface area (Å²) in [4.78, 5) is 1.37. The summed E-state index contributed by atoms with van der Waals surface area (Å²) in [5, 5.41) is 3.45. The molecule has 0 radical (unpaired) electrons. The van der Waals surface area contributed by atoms with Crippen molar-refractivity contribution < 1.29 is 4.74 Å². The van der Waals surface area contributed by atoms with Crippen molar-refractivity contribution in [2.24, 2.45) is 0 Å². The van der Waals surface area contributed by atoms with Crippen LogP contribution in [-0.4, -0.2) is 24.9 Å². The minimum Gasteiger partial charge on any atom is -0.369 e. The van der Waals surface area contributed by atoms with Gasteiger partial charge in [0.15, 0.2) is 0 Å². The fourth-order valence-electron chi connectivity index (χ4n) is 2.89. The van der Waals surface area contributed by atoms with Crippen molar-refractivity contribution >= 4 is 11.8 Å². The number of nitrogens with one attached hydrogen (secondary N) is 1. The van der Waals surface area contributed by atoms with Crippen LogP contribution in [0.1, 0.15) is 24.0 Å². The molecule has 0 amide bonds. The van der Waals surface area contributed by atoms with Crippen molar-refractivity contribution in [3.8, 4) is 0 Å².